The molecule has 0 spiro atoms. The molecule has 2 rings (SSSR count). The van der Waals surface area contributed by atoms with Crippen molar-refractivity contribution in [3.8, 4) is 11.3 Å². The van der Waals surface area contributed by atoms with Gasteiger partial charge in [-0.05, 0) is 31.3 Å². The Balaban J connectivity index is 2.04. The normalized spacial score (nSPS) is 12.6. The van der Waals surface area contributed by atoms with Gasteiger partial charge < -0.3 is 9.52 Å². The maximum Gasteiger partial charge on any atom is 0.307 e. The van der Waals surface area contributed by atoms with Gasteiger partial charge in [-0.3, -0.25) is 9.69 Å². The number of aliphatic carboxylic acids is 1. The van der Waals surface area contributed by atoms with Gasteiger partial charge in [0.25, 0.3) is 0 Å². The number of hydrogen-bond acceptors (Lipinski definition) is 3. The van der Waals surface area contributed by atoms with E-state index < -0.39 is 11.9 Å². The van der Waals surface area contributed by atoms with Crippen LogP contribution in [0.1, 0.15) is 12.7 Å². The smallest absolute Gasteiger partial charge is 0.307 e. The topological polar surface area (TPSA) is 53.7 Å². The van der Waals surface area contributed by atoms with E-state index in [1.165, 1.54) is 0 Å². The summed E-state index contributed by atoms with van der Waals surface area (Å²) in [6, 6.07) is 11.3. The third kappa shape index (κ3) is 4.09. The van der Waals surface area contributed by atoms with E-state index in [1.807, 2.05) is 48.3 Å². The number of carbonyl (C=O) groups is 1. The molecular weight excluding hydrogens is 290 g/mol. The van der Waals surface area contributed by atoms with Crippen molar-refractivity contribution in [3.63, 3.8) is 0 Å². The maximum absolute atomic E-state index is 10.8. The van der Waals surface area contributed by atoms with Crippen LogP contribution in [0, 0.1) is 5.92 Å². The molecule has 0 fully saturated rings. The van der Waals surface area contributed by atoms with E-state index in [1.54, 1.807) is 6.92 Å². The molecular formula is C16H18ClNO3. The molecule has 21 heavy (non-hydrogen) atoms. The van der Waals surface area contributed by atoms with Gasteiger partial charge in [0.2, 0.25) is 0 Å². The van der Waals surface area contributed by atoms with Crippen LogP contribution in [0.2, 0.25) is 5.02 Å². The molecule has 2 aromatic rings. The zero-order chi connectivity index (χ0) is 15.4. The first-order valence-corrected chi connectivity index (χ1v) is 7.10. The van der Waals surface area contributed by atoms with Gasteiger partial charge in [-0.15, -0.1) is 0 Å². The lowest BCUT2D eigenvalue weighted by Gasteiger charge is -2.17. The van der Waals surface area contributed by atoms with Crippen molar-refractivity contribution >= 4 is 17.6 Å². The number of furan rings is 1. The fraction of sp³-hybridized carbons (Fsp3) is 0.312. The fourth-order valence-corrected chi connectivity index (χ4v) is 2.37. The Kier molecular flexibility index (Phi) is 5.04. The summed E-state index contributed by atoms with van der Waals surface area (Å²) in [6.07, 6.45) is 0. The zero-order valence-electron chi connectivity index (χ0n) is 12.0. The molecule has 0 amide bonds. The first-order chi connectivity index (χ1) is 9.97. The lowest BCUT2D eigenvalue weighted by molar-refractivity contribution is -0.141. The standard InChI is InChI=1S/C16H18ClNO3/c1-11(16(19)20)9-18(2)10-12-7-8-15(21-12)13-5-3-4-6-14(13)17/h3-8,11H,9-10H2,1-2H3,(H,19,20). The van der Waals surface area contributed by atoms with Crippen LogP contribution in [-0.4, -0.2) is 29.6 Å². The second-order valence-corrected chi connectivity index (χ2v) is 5.59. The molecule has 0 aliphatic carbocycles. The van der Waals surface area contributed by atoms with Crippen molar-refractivity contribution in [1.29, 1.82) is 0 Å². The average molecular weight is 308 g/mol. The van der Waals surface area contributed by atoms with Crippen LogP contribution in [0.3, 0.4) is 0 Å². The third-order valence-electron chi connectivity index (χ3n) is 3.23. The molecule has 1 N–H and O–H groups in total. The van der Waals surface area contributed by atoms with Crippen LogP contribution >= 0.6 is 11.6 Å². The highest BCUT2D eigenvalue weighted by Crippen LogP contribution is 2.29. The van der Waals surface area contributed by atoms with E-state index in [2.05, 4.69) is 0 Å². The summed E-state index contributed by atoms with van der Waals surface area (Å²) < 4.78 is 5.79. The number of halogens is 1. The molecule has 4 nitrogen and oxygen atoms in total. The van der Waals surface area contributed by atoms with Crippen molar-refractivity contribution in [1.82, 2.24) is 4.90 Å². The zero-order valence-corrected chi connectivity index (χ0v) is 12.8. The number of hydrogen-bond donors (Lipinski definition) is 1. The molecule has 0 radical (unpaired) electrons. The minimum Gasteiger partial charge on any atom is -0.481 e. The number of benzene rings is 1. The monoisotopic (exact) mass is 307 g/mol. The van der Waals surface area contributed by atoms with Gasteiger partial charge in [-0.25, -0.2) is 0 Å². The molecule has 1 atom stereocenters. The molecule has 1 aromatic carbocycles. The predicted molar refractivity (Wildman–Crippen MR) is 82.3 cm³/mol. The number of rotatable bonds is 6. The first-order valence-electron chi connectivity index (χ1n) is 6.72. The van der Waals surface area contributed by atoms with Crippen LogP contribution < -0.4 is 0 Å². The van der Waals surface area contributed by atoms with E-state index in [9.17, 15) is 4.79 Å². The third-order valence-corrected chi connectivity index (χ3v) is 3.56. The minimum atomic E-state index is -0.793. The first kappa shape index (κ1) is 15.6. The quantitative estimate of drug-likeness (QED) is 0.883. The molecule has 5 heteroatoms. The highest BCUT2D eigenvalue weighted by molar-refractivity contribution is 6.33. The number of carboxylic acid groups (broad SMARTS) is 1. The van der Waals surface area contributed by atoms with Crippen molar-refractivity contribution in [3.05, 3.63) is 47.2 Å². The second-order valence-electron chi connectivity index (χ2n) is 5.18. The Labute approximate surface area is 128 Å². The summed E-state index contributed by atoms with van der Waals surface area (Å²) in [7, 11) is 1.87. The van der Waals surface area contributed by atoms with Gasteiger partial charge >= 0.3 is 5.97 Å². The molecule has 0 aliphatic rings. The minimum absolute atomic E-state index is 0.409. The van der Waals surface area contributed by atoms with Gasteiger partial charge in [-0.1, -0.05) is 30.7 Å². The summed E-state index contributed by atoms with van der Waals surface area (Å²) in [5.41, 5.74) is 0.854. The lowest BCUT2D eigenvalue weighted by atomic mass is 10.2. The number of nitrogens with zero attached hydrogens (tertiary/aromatic N) is 1. The summed E-state index contributed by atoms with van der Waals surface area (Å²) in [5.74, 6) is 0.298. The van der Waals surface area contributed by atoms with E-state index in [-0.39, 0.29) is 0 Å². The highest BCUT2D eigenvalue weighted by atomic mass is 35.5. The van der Waals surface area contributed by atoms with E-state index in [0.29, 0.717) is 18.1 Å². The van der Waals surface area contributed by atoms with Crippen molar-refractivity contribution in [2.75, 3.05) is 13.6 Å². The Morgan fingerprint density at radius 2 is 2.05 bits per heavy atom. The molecule has 112 valence electrons. The molecule has 0 saturated carbocycles. The SMILES string of the molecule is CC(CN(C)Cc1ccc(-c2ccccc2Cl)o1)C(=O)O. The van der Waals surface area contributed by atoms with Gasteiger partial charge in [0, 0.05) is 12.1 Å². The van der Waals surface area contributed by atoms with Crippen molar-refractivity contribution in [2.24, 2.45) is 5.92 Å². The van der Waals surface area contributed by atoms with Crippen LogP contribution in [-0.2, 0) is 11.3 Å². The van der Waals surface area contributed by atoms with Gasteiger partial charge in [0.15, 0.2) is 0 Å². The highest BCUT2D eigenvalue weighted by Gasteiger charge is 2.15. The van der Waals surface area contributed by atoms with E-state index in [0.717, 1.165) is 17.1 Å². The van der Waals surface area contributed by atoms with Crippen molar-refractivity contribution in [2.45, 2.75) is 13.5 Å². The Hall–Kier alpha value is -1.78. The molecule has 1 aromatic heterocycles. The maximum atomic E-state index is 10.8. The Morgan fingerprint density at radius 1 is 1.33 bits per heavy atom. The van der Waals surface area contributed by atoms with E-state index >= 15 is 0 Å². The van der Waals surface area contributed by atoms with Gasteiger partial charge in [0.05, 0.1) is 17.5 Å². The summed E-state index contributed by atoms with van der Waals surface area (Å²) in [4.78, 5) is 12.8. The lowest BCUT2D eigenvalue weighted by Crippen LogP contribution is -2.28. The van der Waals surface area contributed by atoms with Crippen molar-refractivity contribution < 1.29 is 14.3 Å². The summed E-state index contributed by atoms with van der Waals surface area (Å²) >= 11 is 6.14. The average Bonchev–Trinajstić information content (AvgIpc) is 2.87. The van der Waals surface area contributed by atoms with Crippen LogP contribution in [0.15, 0.2) is 40.8 Å². The summed E-state index contributed by atoms with van der Waals surface area (Å²) in [5, 5.41) is 9.56. The molecule has 0 saturated heterocycles. The van der Waals surface area contributed by atoms with Gasteiger partial charge in [-0.2, -0.15) is 0 Å². The van der Waals surface area contributed by atoms with Crippen LogP contribution in [0.25, 0.3) is 11.3 Å². The second kappa shape index (κ2) is 6.78. The summed E-state index contributed by atoms with van der Waals surface area (Å²) in [6.45, 7) is 2.72. The molecule has 0 aliphatic heterocycles. The number of carboxylic acids is 1. The largest absolute Gasteiger partial charge is 0.481 e. The Morgan fingerprint density at radius 3 is 2.71 bits per heavy atom. The Bertz CT molecular complexity index is 623. The van der Waals surface area contributed by atoms with E-state index in [4.69, 9.17) is 21.1 Å². The fourth-order valence-electron chi connectivity index (χ4n) is 2.14. The predicted octanol–water partition coefficient (Wildman–Crippen LogP) is 3.75. The molecule has 0 bridgehead atoms. The van der Waals surface area contributed by atoms with Crippen LogP contribution in [0.5, 0.6) is 0 Å². The van der Waals surface area contributed by atoms with Crippen LogP contribution in [0.4, 0.5) is 0 Å². The van der Waals surface area contributed by atoms with Gasteiger partial charge in [0.1, 0.15) is 11.5 Å². The molecule has 1 heterocycles. The molecule has 1 unspecified atom stereocenters.